The van der Waals surface area contributed by atoms with Crippen LogP contribution in [0.3, 0.4) is 0 Å². The number of ketones is 1. The molecular weight excluding hydrogens is 336 g/mol. The van der Waals surface area contributed by atoms with E-state index >= 15 is 0 Å². The summed E-state index contributed by atoms with van der Waals surface area (Å²) in [5.74, 6) is -1.88. The number of H-pyrrole nitrogens is 1. The number of carbonyl (C=O) groups excluding carboxylic acids is 4. The number of ether oxygens (including phenoxy) is 1. The minimum Gasteiger partial charge on any atom is -0.462 e. The number of rotatable bonds is 5. The third kappa shape index (κ3) is 2.95. The highest BCUT2D eigenvalue weighted by Gasteiger charge is 2.48. The van der Waals surface area contributed by atoms with Gasteiger partial charge in [-0.3, -0.25) is 19.3 Å². The lowest BCUT2D eigenvalue weighted by Crippen LogP contribution is -2.36. The van der Waals surface area contributed by atoms with Gasteiger partial charge < -0.3 is 9.72 Å². The highest BCUT2D eigenvalue weighted by molar-refractivity contribution is 6.10. The Hall–Kier alpha value is -2.44. The Morgan fingerprint density at radius 2 is 1.69 bits per heavy atom. The van der Waals surface area contributed by atoms with Crippen molar-refractivity contribution in [3.8, 4) is 0 Å². The smallest absolute Gasteiger partial charge is 0.340 e. The number of Topliss-reactive ketones (excluding diaryl/α,β-unsaturated/α-hetero) is 1. The molecule has 7 heteroatoms. The number of nitrogens with one attached hydrogen (secondary N) is 1. The molecular formula is C19H24N2O5. The molecule has 26 heavy (non-hydrogen) atoms. The number of carbonyl (C=O) groups is 4. The zero-order valence-corrected chi connectivity index (χ0v) is 15.4. The van der Waals surface area contributed by atoms with Crippen LogP contribution in [0.5, 0.6) is 0 Å². The number of imide groups is 1. The molecule has 140 valence electrons. The lowest BCUT2D eigenvalue weighted by molar-refractivity contribution is -0.139. The van der Waals surface area contributed by atoms with Crippen LogP contribution in [0.25, 0.3) is 0 Å². The van der Waals surface area contributed by atoms with Gasteiger partial charge in [-0.1, -0.05) is 12.8 Å². The number of fused-ring (bicyclic) bond motifs is 1. The van der Waals surface area contributed by atoms with E-state index in [9.17, 15) is 19.2 Å². The number of hydrogen-bond donors (Lipinski definition) is 1. The van der Waals surface area contributed by atoms with Gasteiger partial charge in [-0.2, -0.15) is 0 Å². The zero-order valence-electron chi connectivity index (χ0n) is 15.4. The van der Waals surface area contributed by atoms with Gasteiger partial charge in [-0.15, -0.1) is 0 Å². The second kappa shape index (κ2) is 7.05. The number of aromatic nitrogens is 1. The molecule has 0 bridgehead atoms. The van der Waals surface area contributed by atoms with Crippen LogP contribution in [0.2, 0.25) is 0 Å². The summed E-state index contributed by atoms with van der Waals surface area (Å²) in [6.45, 7) is 5.03. The van der Waals surface area contributed by atoms with Crippen molar-refractivity contribution < 1.29 is 23.9 Å². The van der Waals surface area contributed by atoms with Gasteiger partial charge in [0.25, 0.3) is 0 Å². The first-order chi connectivity index (χ1) is 12.4. The van der Waals surface area contributed by atoms with E-state index in [0.717, 1.165) is 17.7 Å². The Labute approximate surface area is 152 Å². The van der Waals surface area contributed by atoms with Crippen molar-refractivity contribution in [3.63, 3.8) is 0 Å². The van der Waals surface area contributed by atoms with Crippen LogP contribution >= 0.6 is 0 Å². The Kier molecular flexibility index (Phi) is 4.98. The summed E-state index contributed by atoms with van der Waals surface area (Å²) in [6, 6.07) is 0. The van der Waals surface area contributed by atoms with Gasteiger partial charge in [0.1, 0.15) is 0 Å². The zero-order chi connectivity index (χ0) is 19.0. The lowest BCUT2D eigenvalue weighted by Gasteiger charge is -2.19. The van der Waals surface area contributed by atoms with Crippen molar-refractivity contribution >= 4 is 23.6 Å². The van der Waals surface area contributed by atoms with Crippen molar-refractivity contribution in [1.29, 1.82) is 0 Å². The van der Waals surface area contributed by atoms with Crippen LogP contribution in [0, 0.1) is 25.7 Å². The third-order valence-electron chi connectivity index (χ3n) is 5.43. The van der Waals surface area contributed by atoms with Crippen LogP contribution in [0.4, 0.5) is 0 Å². The molecule has 1 aromatic heterocycles. The molecule has 1 aromatic rings. The van der Waals surface area contributed by atoms with Crippen molar-refractivity contribution in [3.05, 3.63) is 22.5 Å². The molecule has 1 aliphatic heterocycles. The minimum absolute atomic E-state index is 0.236. The topological polar surface area (TPSA) is 96.5 Å². The molecule has 0 aromatic carbocycles. The molecule has 2 heterocycles. The number of amides is 2. The molecule has 2 amide bonds. The van der Waals surface area contributed by atoms with Crippen LogP contribution in [-0.2, 0) is 14.3 Å². The maximum atomic E-state index is 12.7. The molecule has 0 spiro atoms. The quantitative estimate of drug-likeness (QED) is 0.493. The fourth-order valence-corrected chi connectivity index (χ4v) is 4.15. The standard InChI is InChI=1S/C19H24N2O5/c1-4-26-19(25)15-10(2)16(20-11(15)3)14(22)9-21-17(23)12-7-5-6-8-13(12)18(21)24/h12-13,20H,4-9H2,1-3H3/t12-,13-/m1/s1. The van der Waals surface area contributed by atoms with Gasteiger partial charge >= 0.3 is 5.97 Å². The lowest BCUT2D eigenvalue weighted by atomic mass is 9.81. The molecule has 2 fully saturated rings. The monoisotopic (exact) mass is 360 g/mol. The average Bonchev–Trinajstić information content (AvgIpc) is 3.04. The Balaban J connectivity index is 1.80. The summed E-state index contributed by atoms with van der Waals surface area (Å²) in [4.78, 5) is 53.9. The Bertz CT molecular complexity index is 755. The van der Waals surface area contributed by atoms with Gasteiger partial charge in [-0.05, 0) is 39.2 Å². The molecule has 2 aliphatic rings. The van der Waals surface area contributed by atoms with Gasteiger partial charge in [-0.25, -0.2) is 4.79 Å². The van der Waals surface area contributed by atoms with Crippen LogP contribution in [-0.4, -0.2) is 46.6 Å². The Morgan fingerprint density at radius 3 is 2.23 bits per heavy atom. The van der Waals surface area contributed by atoms with E-state index in [2.05, 4.69) is 4.98 Å². The number of aryl methyl sites for hydroxylation is 1. The third-order valence-corrected chi connectivity index (χ3v) is 5.43. The van der Waals surface area contributed by atoms with Crippen LogP contribution in [0.15, 0.2) is 0 Å². The molecule has 0 unspecified atom stereocenters. The van der Waals surface area contributed by atoms with E-state index in [1.165, 1.54) is 0 Å². The van der Waals surface area contributed by atoms with E-state index in [1.807, 2.05) is 0 Å². The molecule has 7 nitrogen and oxygen atoms in total. The molecule has 3 rings (SSSR count). The number of esters is 1. The summed E-state index contributed by atoms with van der Waals surface area (Å²) in [5.41, 5.74) is 1.61. The number of likely N-dealkylation sites (tertiary alicyclic amines) is 1. The van der Waals surface area contributed by atoms with Crippen molar-refractivity contribution in [2.45, 2.75) is 46.5 Å². The highest BCUT2D eigenvalue weighted by Crippen LogP contribution is 2.38. The highest BCUT2D eigenvalue weighted by atomic mass is 16.5. The second-order valence-electron chi connectivity index (χ2n) is 7.03. The fraction of sp³-hybridized carbons (Fsp3) is 0.579. The largest absolute Gasteiger partial charge is 0.462 e. The molecule has 1 saturated carbocycles. The van der Waals surface area contributed by atoms with Crippen molar-refractivity contribution in [2.24, 2.45) is 11.8 Å². The summed E-state index contributed by atoms with van der Waals surface area (Å²) >= 11 is 0. The van der Waals surface area contributed by atoms with E-state index in [4.69, 9.17) is 4.74 Å². The average molecular weight is 360 g/mol. The summed E-state index contributed by atoms with van der Waals surface area (Å²) in [5, 5.41) is 0. The Morgan fingerprint density at radius 1 is 1.12 bits per heavy atom. The number of nitrogens with zero attached hydrogens (tertiary/aromatic N) is 1. The summed E-state index contributed by atoms with van der Waals surface area (Å²) in [6.07, 6.45) is 3.32. The first-order valence-corrected chi connectivity index (χ1v) is 9.11. The van der Waals surface area contributed by atoms with E-state index in [-0.39, 0.29) is 48.3 Å². The van der Waals surface area contributed by atoms with E-state index < -0.39 is 5.97 Å². The summed E-state index contributed by atoms with van der Waals surface area (Å²) < 4.78 is 5.03. The predicted octanol–water partition coefficient (Wildman–Crippen LogP) is 2.17. The maximum Gasteiger partial charge on any atom is 0.340 e. The van der Waals surface area contributed by atoms with Crippen LogP contribution in [0.1, 0.15) is 64.7 Å². The normalized spacial score (nSPS) is 22.5. The van der Waals surface area contributed by atoms with Gasteiger partial charge in [0.2, 0.25) is 11.8 Å². The molecule has 0 radical (unpaired) electrons. The first kappa shape index (κ1) is 18.4. The maximum absolute atomic E-state index is 12.7. The SMILES string of the molecule is CCOC(=O)c1c(C)[nH]c(C(=O)CN2C(=O)[C@@H]3CCCC[C@H]3C2=O)c1C. The predicted molar refractivity (Wildman–Crippen MR) is 92.7 cm³/mol. The summed E-state index contributed by atoms with van der Waals surface area (Å²) in [7, 11) is 0. The number of aromatic amines is 1. The molecule has 1 N–H and O–H groups in total. The van der Waals surface area contributed by atoms with Crippen LogP contribution < -0.4 is 0 Å². The van der Waals surface area contributed by atoms with E-state index in [1.54, 1.807) is 20.8 Å². The van der Waals surface area contributed by atoms with E-state index in [0.29, 0.717) is 29.7 Å². The fourth-order valence-electron chi connectivity index (χ4n) is 4.15. The second-order valence-corrected chi connectivity index (χ2v) is 7.03. The van der Waals surface area contributed by atoms with Gasteiger partial charge in [0.05, 0.1) is 36.2 Å². The number of hydrogen-bond acceptors (Lipinski definition) is 5. The van der Waals surface area contributed by atoms with Gasteiger partial charge in [0, 0.05) is 5.69 Å². The molecule has 1 aliphatic carbocycles. The molecule has 1 saturated heterocycles. The first-order valence-electron chi connectivity index (χ1n) is 9.11. The minimum atomic E-state index is -0.489. The van der Waals surface area contributed by atoms with Crippen molar-refractivity contribution in [2.75, 3.05) is 13.2 Å². The van der Waals surface area contributed by atoms with Crippen molar-refractivity contribution in [1.82, 2.24) is 9.88 Å². The molecule has 2 atom stereocenters. The van der Waals surface area contributed by atoms with Gasteiger partial charge in [0.15, 0.2) is 5.78 Å².